The van der Waals surface area contributed by atoms with E-state index in [1.54, 1.807) is 4.98 Å². The van der Waals surface area contributed by atoms with Gasteiger partial charge in [-0.25, -0.2) is 9.18 Å². The molecule has 1 heterocycles. The highest BCUT2D eigenvalue weighted by molar-refractivity contribution is 5.95. The quantitative estimate of drug-likeness (QED) is 0.831. The third kappa shape index (κ3) is 2.82. The molecule has 0 atom stereocenters. The van der Waals surface area contributed by atoms with Crippen molar-refractivity contribution in [1.29, 1.82) is 0 Å². The summed E-state index contributed by atoms with van der Waals surface area (Å²) in [6.45, 7) is -0.446. The maximum Gasteiger partial charge on any atom is 0.328 e. The number of carbonyl (C=O) groups excluding carboxylic acids is 1. The van der Waals surface area contributed by atoms with Crippen molar-refractivity contribution in [2.75, 3.05) is 0 Å². The van der Waals surface area contributed by atoms with Crippen molar-refractivity contribution in [2.45, 2.75) is 6.54 Å². The van der Waals surface area contributed by atoms with E-state index in [4.69, 9.17) is 0 Å². The lowest BCUT2D eigenvalue weighted by Gasteiger charge is -2.04. The van der Waals surface area contributed by atoms with Crippen LogP contribution in [0.3, 0.4) is 0 Å². The Morgan fingerprint density at radius 3 is 2.42 bits per heavy atom. The molecule has 0 fully saturated rings. The third-order valence-electron chi connectivity index (χ3n) is 2.45. The Morgan fingerprint density at radius 1 is 1.16 bits per heavy atom. The number of rotatable bonds is 3. The molecule has 1 aromatic carbocycles. The van der Waals surface area contributed by atoms with E-state index in [-0.39, 0.29) is 5.56 Å². The number of carbonyl (C=O) groups is 1. The van der Waals surface area contributed by atoms with Crippen LogP contribution in [0.1, 0.15) is 10.4 Å². The first-order valence-electron chi connectivity index (χ1n) is 5.25. The molecule has 0 aliphatic rings. The molecular formula is C12H8F2N2O3. The van der Waals surface area contributed by atoms with Gasteiger partial charge < -0.3 is 0 Å². The highest BCUT2D eigenvalue weighted by Gasteiger charge is 2.10. The molecule has 0 aliphatic carbocycles. The predicted molar refractivity (Wildman–Crippen MR) is 62.0 cm³/mol. The third-order valence-corrected chi connectivity index (χ3v) is 2.45. The van der Waals surface area contributed by atoms with Crippen LogP contribution in [0.5, 0.6) is 0 Å². The van der Waals surface area contributed by atoms with Crippen LogP contribution in [0, 0.1) is 11.6 Å². The standard InChI is InChI=1S/C12H8F2N2O3/c13-8-3-1-7(2-4-8)10(17)6-16-5-9(14)11(18)15-12(16)19/h1-5H,6H2,(H,15,18,19). The normalized spacial score (nSPS) is 10.4. The molecule has 0 radical (unpaired) electrons. The van der Waals surface area contributed by atoms with Gasteiger partial charge in [0.05, 0.1) is 12.7 Å². The van der Waals surface area contributed by atoms with Gasteiger partial charge in [-0.3, -0.25) is 19.1 Å². The van der Waals surface area contributed by atoms with E-state index >= 15 is 0 Å². The van der Waals surface area contributed by atoms with Gasteiger partial charge in [-0.05, 0) is 24.3 Å². The number of hydrogen-bond donors (Lipinski definition) is 1. The number of nitrogens with zero attached hydrogens (tertiary/aromatic N) is 1. The Bertz CT molecular complexity index is 732. The van der Waals surface area contributed by atoms with E-state index in [0.29, 0.717) is 6.20 Å². The highest BCUT2D eigenvalue weighted by Crippen LogP contribution is 2.04. The number of H-pyrrole nitrogens is 1. The Balaban J connectivity index is 2.29. The summed E-state index contributed by atoms with van der Waals surface area (Å²) in [4.78, 5) is 35.7. The van der Waals surface area contributed by atoms with Crippen LogP contribution < -0.4 is 11.2 Å². The van der Waals surface area contributed by atoms with Gasteiger partial charge in [-0.2, -0.15) is 4.39 Å². The summed E-state index contributed by atoms with van der Waals surface area (Å²) in [6.07, 6.45) is 0.655. The van der Waals surface area contributed by atoms with Gasteiger partial charge >= 0.3 is 5.69 Å². The summed E-state index contributed by atoms with van der Waals surface area (Å²) in [6, 6.07) is 4.71. The van der Waals surface area contributed by atoms with Crippen molar-refractivity contribution in [2.24, 2.45) is 0 Å². The molecule has 0 amide bonds. The first-order chi connectivity index (χ1) is 8.97. The molecule has 1 aromatic heterocycles. The van der Waals surface area contributed by atoms with Gasteiger partial charge in [0.2, 0.25) is 5.82 Å². The van der Waals surface area contributed by atoms with Crippen molar-refractivity contribution in [1.82, 2.24) is 9.55 Å². The highest BCUT2D eigenvalue weighted by atomic mass is 19.1. The summed E-state index contributed by atoms with van der Waals surface area (Å²) in [5.41, 5.74) is -1.85. The maximum atomic E-state index is 13.0. The molecule has 98 valence electrons. The molecule has 0 bridgehead atoms. The van der Waals surface area contributed by atoms with Crippen molar-refractivity contribution in [3.8, 4) is 0 Å². The number of ketones is 1. The van der Waals surface area contributed by atoms with Crippen LogP contribution >= 0.6 is 0 Å². The second-order valence-electron chi connectivity index (χ2n) is 3.79. The van der Waals surface area contributed by atoms with Crippen LogP contribution in [-0.4, -0.2) is 15.3 Å². The monoisotopic (exact) mass is 266 g/mol. The lowest BCUT2D eigenvalue weighted by molar-refractivity contribution is 0.0970. The largest absolute Gasteiger partial charge is 0.328 e. The summed E-state index contributed by atoms with van der Waals surface area (Å²) in [5, 5.41) is 0. The molecule has 0 spiro atoms. The lowest BCUT2D eigenvalue weighted by atomic mass is 10.1. The van der Waals surface area contributed by atoms with Crippen LogP contribution in [0.15, 0.2) is 40.1 Å². The maximum absolute atomic E-state index is 13.0. The minimum Gasteiger partial charge on any atom is -0.292 e. The second-order valence-corrected chi connectivity index (χ2v) is 3.79. The van der Waals surface area contributed by atoms with Crippen molar-refractivity contribution < 1.29 is 13.6 Å². The molecule has 7 heteroatoms. The Labute approximate surface area is 105 Å². The van der Waals surface area contributed by atoms with Crippen LogP contribution in [0.4, 0.5) is 8.78 Å². The number of hydrogen-bond acceptors (Lipinski definition) is 3. The number of aromatic amines is 1. The van der Waals surface area contributed by atoms with Crippen LogP contribution in [-0.2, 0) is 6.54 Å². The fourth-order valence-electron chi connectivity index (χ4n) is 1.48. The van der Waals surface area contributed by atoms with E-state index in [1.165, 1.54) is 12.1 Å². The summed E-state index contributed by atoms with van der Waals surface area (Å²) >= 11 is 0. The van der Waals surface area contributed by atoms with Crippen molar-refractivity contribution in [3.63, 3.8) is 0 Å². The van der Waals surface area contributed by atoms with Gasteiger partial charge in [0.15, 0.2) is 5.78 Å². The zero-order chi connectivity index (χ0) is 14.0. The van der Waals surface area contributed by atoms with E-state index in [2.05, 4.69) is 0 Å². The summed E-state index contributed by atoms with van der Waals surface area (Å²) in [5.74, 6) is -2.16. The van der Waals surface area contributed by atoms with Crippen LogP contribution in [0.2, 0.25) is 0 Å². The number of benzene rings is 1. The van der Waals surface area contributed by atoms with E-state index in [9.17, 15) is 23.2 Å². The smallest absolute Gasteiger partial charge is 0.292 e. The topological polar surface area (TPSA) is 71.9 Å². The molecule has 0 saturated carbocycles. The number of halogens is 2. The average Bonchev–Trinajstić information content (AvgIpc) is 2.36. The fraction of sp³-hybridized carbons (Fsp3) is 0.0833. The summed E-state index contributed by atoms with van der Waals surface area (Å²) < 4.78 is 26.4. The molecular weight excluding hydrogens is 258 g/mol. The summed E-state index contributed by atoms with van der Waals surface area (Å²) in [7, 11) is 0. The van der Waals surface area contributed by atoms with E-state index < -0.39 is 35.2 Å². The number of aromatic nitrogens is 2. The van der Waals surface area contributed by atoms with Gasteiger partial charge in [-0.1, -0.05) is 0 Å². The molecule has 0 aliphatic heterocycles. The van der Waals surface area contributed by atoms with Crippen LogP contribution in [0.25, 0.3) is 0 Å². The molecule has 0 unspecified atom stereocenters. The zero-order valence-electron chi connectivity index (χ0n) is 9.52. The Kier molecular flexibility index (Phi) is 3.37. The Hall–Kier alpha value is -2.57. The molecule has 2 aromatic rings. The second kappa shape index (κ2) is 4.97. The van der Waals surface area contributed by atoms with Crippen molar-refractivity contribution in [3.05, 3.63) is 68.5 Å². The SMILES string of the molecule is O=C(Cn1cc(F)c(=O)[nH]c1=O)c1ccc(F)cc1. The van der Waals surface area contributed by atoms with Gasteiger partial charge in [0.25, 0.3) is 5.56 Å². The lowest BCUT2D eigenvalue weighted by Crippen LogP contribution is -2.33. The fourth-order valence-corrected chi connectivity index (χ4v) is 1.48. The molecule has 5 nitrogen and oxygen atoms in total. The van der Waals surface area contributed by atoms with E-state index in [0.717, 1.165) is 16.7 Å². The Morgan fingerprint density at radius 2 is 1.79 bits per heavy atom. The predicted octanol–water partition coefficient (Wildman–Crippen LogP) is 0.698. The molecule has 1 N–H and O–H groups in total. The average molecular weight is 266 g/mol. The van der Waals surface area contributed by atoms with Gasteiger partial charge in [0, 0.05) is 5.56 Å². The van der Waals surface area contributed by atoms with Crippen molar-refractivity contribution >= 4 is 5.78 Å². The number of Topliss-reactive ketones (excluding diaryl/α,β-unsaturated/α-hetero) is 1. The molecule has 0 saturated heterocycles. The first-order valence-corrected chi connectivity index (χ1v) is 5.25. The zero-order valence-corrected chi connectivity index (χ0v) is 9.52. The first kappa shape index (κ1) is 12.9. The van der Waals surface area contributed by atoms with Gasteiger partial charge in [0.1, 0.15) is 5.82 Å². The molecule has 19 heavy (non-hydrogen) atoms. The minimum absolute atomic E-state index is 0.180. The molecule has 2 rings (SSSR count). The minimum atomic E-state index is -1.16. The van der Waals surface area contributed by atoms with E-state index in [1.807, 2.05) is 0 Å². The van der Waals surface area contributed by atoms with Gasteiger partial charge in [-0.15, -0.1) is 0 Å². The number of nitrogens with one attached hydrogen (secondary N) is 1.